The Morgan fingerprint density at radius 3 is 3.00 bits per heavy atom. The fraction of sp³-hybridized carbons (Fsp3) is 0.556. The van der Waals surface area contributed by atoms with E-state index in [4.69, 9.17) is 5.73 Å². The lowest BCUT2D eigenvalue weighted by Crippen LogP contribution is -2.44. The monoisotopic (exact) mass is 240 g/mol. The second kappa shape index (κ2) is 4.56. The number of primary amides is 1. The smallest absolute Gasteiger partial charge is 0.275 e. The SMILES string of the molecule is NC(=O)C1CCCN(C(=O)c2csnn2)C1. The number of carbonyl (C=O) groups is 2. The number of hydrogen-bond acceptors (Lipinski definition) is 5. The zero-order chi connectivity index (χ0) is 11.5. The molecule has 6 nitrogen and oxygen atoms in total. The standard InChI is InChI=1S/C9H12N4O2S/c10-8(14)6-2-1-3-13(4-6)9(15)7-5-16-12-11-7/h5-6H,1-4H2,(H2,10,14). The average molecular weight is 240 g/mol. The van der Waals surface area contributed by atoms with E-state index in [9.17, 15) is 9.59 Å². The van der Waals surface area contributed by atoms with Crippen LogP contribution in [0.3, 0.4) is 0 Å². The van der Waals surface area contributed by atoms with E-state index in [0.29, 0.717) is 18.8 Å². The maximum absolute atomic E-state index is 11.9. The molecule has 1 unspecified atom stereocenters. The lowest BCUT2D eigenvalue weighted by molar-refractivity contribution is -0.123. The number of nitrogens with two attached hydrogens (primary N) is 1. The number of amides is 2. The molecule has 0 aliphatic carbocycles. The Bertz CT molecular complexity index is 392. The number of likely N-dealkylation sites (tertiary alicyclic amines) is 1. The number of piperidine rings is 1. The summed E-state index contributed by atoms with van der Waals surface area (Å²) in [6.07, 6.45) is 1.56. The lowest BCUT2D eigenvalue weighted by Gasteiger charge is -2.30. The van der Waals surface area contributed by atoms with Gasteiger partial charge in [-0.05, 0) is 24.4 Å². The van der Waals surface area contributed by atoms with Crippen LogP contribution in [-0.2, 0) is 4.79 Å². The summed E-state index contributed by atoms with van der Waals surface area (Å²) in [4.78, 5) is 24.6. The van der Waals surface area contributed by atoms with Crippen LogP contribution < -0.4 is 5.73 Å². The van der Waals surface area contributed by atoms with Gasteiger partial charge in [-0.25, -0.2) is 0 Å². The second-order valence-electron chi connectivity index (χ2n) is 3.78. The number of nitrogens with zero attached hydrogens (tertiary/aromatic N) is 3. The van der Waals surface area contributed by atoms with Gasteiger partial charge in [0.15, 0.2) is 5.69 Å². The summed E-state index contributed by atoms with van der Waals surface area (Å²) in [6, 6.07) is 0. The van der Waals surface area contributed by atoms with Gasteiger partial charge in [0.1, 0.15) is 0 Å². The highest BCUT2D eigenvalue weighted by molar-refractivity contribution is 7.03. The molecule has 1 aliphatic heterocycles. The van der Waals surface area contributed by atoms with Crippen molar-refractivity contribution in [3.8, 4) is 0 Å². The van der Waals surface area contributed by atoms with Gasteiger partial charge in [-0.1, -0.05) is 4.49 Å². The summed E-state index contributed by atoms with van der Waals surface area (Å²) in [5.41, 5.74) is 5.59. The molecule has 1 saturated heterocycles. The van der Waals surface area contributed by atoms with Crippen molar-refractivity contribution < 1.29 is 9.59 Å². The van der Waals surface area contributed by atoms with Crippen molar-refractivity contribution in [2.24, 2.45) is 11.7 Å². The fourth-order valence-electron chi connectivity index (χ4n) is 1.81. The zero-order valence-electron chi connectivity index (χ0n) is 8.63. The molecule has 1 fully saturated rings. The summed E-state index contributed by atoms with van der Waals surface area (Å²) in [5, 5.41) is 5.33. The molecule has 1 aromatic rings. The van der Waals surface area contributed by atoms with Gasteiger partial charge in [-0.2, -0.15) is 0 Å². The largest absolute Gasteiger partial charge is 0.369 e. The Kier molecular flexibility index (Phi) is 3.14. The average Bonchev–Trinajstić information content (AvgIpc) is 2.81. The van der Waals surface area contributed by atoms with Crippen LogP contribution in [0, 0.1) is 5.92 Å². The zero-order valence-corrected chi connectivity index (χ0v) is 9.44. The van der Waals surface area contributed by atoms with E-state index >= 15 is 0 Å². The highest BCUT2D eigenvalue weighted by Gasteiger charge is 2.28. The quantitative estimate of drug-likeness (QED) is 0.780. The van der Waals surface area contributed by atoms with E-state index in [-0.39, 0.29) is 17.7 Å². The summed E-state index contributed by atoms with van der Waals surface area (Å²) in [7, 11) is 0. The van der Waals surface area contributed by atoms with Gasteiger partial charge < -0.3 is 10.6 Å². The van der Waals surface area contributed by atoms with E-state index < -0.39 is 0 Å². The molecule has 0 spiro atoms. The van der Waals surface area contributed by atoms with Crippen LogP contribution in [0.25, 0.3) is 0 Å². The molecule has 7 heteroatoms. The molecule has 2 rings (SSSR count). The number of hydrogen-bond donors (Lipinski definition) is 1. The van der Waals surface area contributed by atoms with Gasteiger partial charge in [-0.3, -0.25) is 9.59 Å². The Balaban J connectivity index is 2.05. The first kappa shape index (κ1) is 11.0. The Hall–Kier alpha value is -1.50. The Labute approximate surface area is 96.6 Å². The van der Waals surface area contributed by atoms with Gasteiger partial charge in [-0.15, -0.1) is 5.10 Å². The molecule has 0 saturated carbocycles. The van der Waals surface area contributed by atoms with Crippen LogP contribution in [0.1, 0.15) is 23.3 Å². The summed E-state index contributed by atoms with van der Waals surface area (Å²) in [6.45, 7) is 1.05. The van der Waals surface area contributed by atoms with Crippen molar-refractivity contribution in [3.63, 3.8) is 0 Å². The summed E-state index contributed by atoms with van der Waals surface area (Å²) in [5.74, 6) is -0.738. The summed E-state index contributed by atoms with van der Waals surface area (Å²) < 4.78 is 3.64. The van der Waals surface area contributed by atoms with E-state index in [1.165, 1.54) is 0 Å². The van der Waals surface area contributed by atoms with Crippen LogP contribution in [0.5, 0.6) is 0 Å². The topological polar surface area (TPSA) is 89.2 Å². The third-order valence-corrected chi connectivity index (χ3v) is 3.19. The molecule has 2 heterocycles. The van der Waals surface area contributed by atoms with Crippen LogP contribution in [-0.4, -0.2) is 39.4 Å². The van der Waals surface area contributed by atoms with Gasteiger partial charge >= 0.3 is 0 Å². The molecule has 2 N–H and O–H groups in total. The van der Waals surface area contributed by atoms with E-state index in [0.717, 1.165) is 24.4 Å². The molecule has 86 valence electrons. The van der Waals surface area contributed by atoms with E-state index in [2.05, 4.69) is 9.59 Å². The minimum atomic E-state index is -0.339. The first-order valence-corrected chi connectivity index (χ1v) is 5.88. The number of carbonyl (C=O) groups excluding carboxylic acids is 2. The fourth-order valence-corrected chi connectivity index (χ4v) is 2.24. The maximum atomic E-state index is 11.9. The van der Waals surface area contributed by atoms with Gasteiger partial charge in [0.2, 0.25) is 5.91 Å². The summed E-state index contributed by atoms with van der Waals surface area (Å²) >= 11 is 1.14. The highest BCUT2D eigenvalue weighted by Crippen LogP contribution is 2.17. The Morgan fingerprint density at radius 2 is 2.38 bits per heavy atom. The van der Waals surface area contributed by atoms with Crippen LogP contribution in [0.2, 0.25) is 0 Å². The molecular formula is C9H12N4O2S. The van der Waals surface area contributed by atoms with Crippen molar-refractivity contribution in [1.29, 1.82) is 0 Å². The maximum Gasteiger partial charge on any atom is 0.275 e. The lowest BCUT2D eigenvalue weighted by atomic mass is 9.97. The van der Waals surface area contributed by atoms with Crippen molar-refractivity contribution in [2.45, 2.75) is 12.8 Å². The molecule has 0 aromatic carbocycles. The van der Waals surface area contributed by atoms with Crippen LogP contribution >= 0.6 is 11.5 Å². The second-order valence-corrected chi connectivity index (χ2v) is 4.39. The molecule has 1 atom stereocenters. The van der Waals surface area contributed by atoms with Crippen LogP contribution in [0.4, 0.5) is 0 Å². The van der Waals surface area contributed by atoms with Gasteiger partial charge in [0.05, 0.1) is 5.92 Å². The van der Waals surface area contributed by atoms with Crippen LogP contribution in [0.15, 0.2) is 5.38 Å². The number of aromatic nitrogens is 2. The molecular weight excluding hydrogens is 228 g/mol. The molecule has 1 aliphatic rings. The molecule has 0 bridgehead atoms. The Morgan fingerprint density at radius 1 is 1.56 bits per heavy atom. The molecule has 16 heavy (non-hydrogen) atoms. The first-order valence-electron chi connectivity index (χ1n) is 5.04. The van der Waals surface area contributed by atoms with Crippen molar-refractivity contribution >= 4 is 23.3 Å². The first-order chi connectivity index (χ1) is 7.68. The van der Waals surface area contributed by atoms with Gasteiger partial charge in [0, 0.05) is 18.5 Å². The van der Waals surface area contributed by atoms with Crippen molar-refractivity contribution in [1.82, 2.24) is 14.5 Å². The predicted molar refractivity (Wildman–Crippen MR) is 57.7 cm³/mol. The number of rotatable bonds is 2. The normalized spacial score (nSPS) is 20.8. The van der Waals surface area contributed by atoms with E-state index in [1.807, 2.05) is 0 Å². The third kappa shape index (κ3) is 2.19. The van der Waals surface area contributed by atoms with Gasteiger partial charge in [0.25, 0.3) is 5.91 Å². The predicted octanol–water partition coefficient (Wildman–Crippen LogP) is -0.124. The minimum Gasteiger partial charge on any atom is -0.369 e. The highest BCUT2D eigenvalue weighted by atomic mass is 32.1. The third-order valence-electron chi connectivity index (χ3n) is 2.69. The molecule has 0 radical (unpaired) electrons. The minimum absolute atomic E-state index is 0.167. The molecule has 2 amide bonds. The van der Waals surface area contributed by atoms with Crippen molar-refractivity contribution in [2.75, 3.05) is 13.1 Å². The van der Waals surface area contributed by atoms with Crippen molar-refractivity contribution in [3.05, 3.63) is 11.1 Å². The molecule has 1 aromatic heterocycles. The van der Waals surface area contributed by atoms with E-state index in [1.54, 1.807) is 10.3 Å².